The van der Waals surface area contributed by atoms with E-state index in [1.54, 1.807) is 0 Å². The molecule has 1 aromatic rings. The minimum Gasteiger partial charge on any atom is -0.466 e. The van der Waals surface area contributed by atoms with Crippen molar-refractivity contribution in [3.8, 4) is 0 Å². The second-order valence-electron chi connectivity index (χ2n) is 4.47. The maximum Gasteiger partial charge on any atom is 0.309 e. The zero-order valence-corrected chi connectivity index (χ0v) is 10.4. The Balaban J connectivity index is 2.23. The highest BCUT2D eigenvalue weighted by Crippen LogP contribution is 2.35. The van der Waals surface area contributed by atoms with E-state index in [0.717, 1.165) is 12.0 Å². The normalized spacial score (nSPS) is 22.9. The van der Waals surface area contributed by atoms with Gasteiger partial charge in [0.25, 0.3) is 0 Å². The SMILES string of the molecule is CCOC(=O)CC1(C)OCCc2ccccc21. The molecule has 0 aromatic heterocycles. The lowest BCUT2D eigenvalue weighted by Crippen LogP contribution is -2.35. The predicted molar refractivity (Wildman–Crippen MR) is 64.7 cm³/mol. The van der Waals surface area contributed by atoms with Gasteiger partial charge >= 0.3 is 5.97 Å². The maximum atomic E-state index is 11.6. The van der Waals surface area contributed by atoms with Crippen molar-refractivity contribution in [3.05, 3.63) is 35.4 Å². The van der Waals surface area contributed by atoms with Crippen LogP contribution in [0.1, 0.15) is 31.4 Å². The van der Waals surface area contributed by atoms with Crippen molar-refractivity contribution in [3.63, 3.8) is 0 Å². The summed E-state index contributed by atoms with van der Waals surface area (Å²) in [4.78, 5) is 11.6. The molecule has 1 heterocycles. The van der Waals surface area contributed by atoms with Crippen LogP contribution < -0.4 is 0 Å². The number of fused-ring (bicyclic) bond motifs is 1. The molecular weight excluding hydrogens is 216 g/mol. The minimum absolute atomic E-state index is 0.202. The van der Waals surface area contributed by atoms with Crippen molar-refractivity contribution in [1.82, 2.24) is 0 Å². The first-order chi connectivity index (χ1) is 8.15. The first-order valence-electron chi connectivity index (χ1n) is 6.03. The molecule has 2 rings (SSSR count). The number of carbonyl (C=O) groups excluding carboxylic acids is 1. The topological polar surface area (TPSA) is 35.5 Å². The van der Waals surface area contributed by atoms with E-state index >= 15 is 0 Å². The van der Waals surface area contributed by atoms with Gasteiger partial charge in [0.15, 0.2) is 0 Å². The Bertz CT molecular complexity index is 414. The average Bonchev–Trinajstić information content (AvgIpc) is 2.29. The van der Waals surface area contributed by atoms with Crippen molar-refractivity contribution in [2.24, 2.45) is 0 Å². The standard InChI is InChI=1S/C14H18O3/c1-3-16-13(15)10-14(2)12-7-5-4-6-11(12)8-9-17-14/h4-7H,3,8-10H2,1-2H3. The summed E-state index contributed by atoms with van der Waals surface area (Å²) in [5.74, 6) is -0.202. The summed E-state index contributed by atoms with van der Waals surface area (Å²) in [5.41, 5.74) is 1.84. The Labute approximate surface area is 102 Å². The number of esters is 1. The monoisotopic (exact) mass is 234 g/mol. The zero-order chi connectivity index (χ0) is 12.3. The van der Waals surface area contributed by atoms with Crippen molar-refractivity contribution in [2.75, 3.05) is 13.2 Å². The van der Waals surface area contributed by atoms with Gasteiger partial charge in [0.2, 0.25) is 0 Å². The third kappa shape index (κ3) is 2.50. The molecule has 0 radical (unpaired) electrons. The fourth-order valence-corrected chi connectivity index (χ4v) is 2.35. The molecule has 0 fully saturated rings. The highest BCUT2D eigenvalue weighted by Gasteiger charge is 2.35. The van der Waals surface area contributed by atoms with Gasteiger partial charge in [0.1, 0.15) is 5.60 Å². The Morgan fingerprint density at radius 3 is 3.00 bits per heavy atom. The number of ether oxygens (including phenoxy) is 2. The highest BCUT2D eigenvalue weighted by atomic mass is 16.5. The maximum absolute atomic E-state index is 11.6. The second kappa shape index (κ2) is 4.88. The molecule has 0 N–H and O–H groups in total. The minimum atomic E-state index is -0.541. The van der Waals surface area contributed by atoms with Crippen LogP contribution in [0.5, 0.6) is 0 Å². The Morgan fingerprint density at radius 2 is 2.24 bits per heavy atom. The van der Waals surface area contributed by atoms with E-state index in [0.29, 0.717) is 13.2 Å². The van der Waals surface area contributed by atoms with Crippen LogP contribution in [-0.2, 0) is 26.3 Å². The summed E-state index contributed by atoms with van der Waals surface area (Å²) in [5, 5.41) is 0. The third-order valence-corrected chi connectivity index (χ3v) is 3.17. The number of hydrogen-bond donors (Lipinski definition) is 0. The summed E-state index contributed by atoms with van der Waals surface area (Å²) in [7, 11) is 0. The molecule has 17 heavy (non-hydrogen) atoms. The van der Waals surface area contributed by atoms with Crippen LogP contribution in [0.4, 0.5) is 0 Å². The molecule has 0 spiro atoms. The fourth-order valence-electron chi connectivity index (χ4n) is 2.35. The van der Waals surface area contributed by atoms with Gasteiger partial charge in [-0.3, -0.25) is 4.79 Å². The molecule has 1 aliphatic rings. The molecule has 0 amide bonds. The number of hydrogen-bond acceptors (Lipinski definition) is 3. The van der Waals surface area contributed by atoms with E-state index in [1.807, 2.05) is 32.0 Å². The van der Waals surface area contributed by atoms with Crippen LogP contribution in [0.15, 0.2) is 24.3 Å². The quantitative estimate of drug-likeness (QED) is 0.753. The van der Waals surface area contributed by atoms with Gasteiger partial charge in [0, 0.05) is 0 Å². The van der Waals surface area contributed by atoms with E-state index < -0.39 is 5.60 Å². The summed E-state index contributed by atoms with van der Waals surface area (Å²) < 4.78 is 10.8. The average molecular weight is 234 g/mol. The smallest absolute Gasteiger partial charge is 0.309 e. The molecule has 3 nitrogen and oxygen atoms in total. The van der Waals surface area contributed by atoms with Gasteiger partial charge in [-0.15, -0.1) is 0 Å². The number of carbonyl (C=O) groups is 1. The van der Waals surface area contributed by atoms with Crippen molar-refractivity contribution >= 4 is 5.97 Å². The molecule has 0 saturated carbocycles. The van der Waals surface area contributed by atoms with Crippen molar-refractivity contribution in [1.29, 1.82) is 0 Å². The van der Waals surface area contributed by atoms with Crippen molar-refractivity contribution in [2.45, 2.75) is 32.3 Å². The molecule has 1 atom stereocenters. The molecular formula is C14H18O3. The highest BCUT2D eigenvalue weighted by molar-refractivity contribution is 5.71. The Morgan fingerprint density at radius 1 is 1.47 bits per heavy atom. The molecule has 92 valence electrons. The molecule has 1 aliphatic heterocycles. The van der Waals surface area contributed by atoms with Crippen LogP contribution in [0.3, 0.4) is 0 Å². The van der Waals surface area contributed by atoms with Crippen molar-refractivity contribution < 1.29 is 14.3 Å². The van der Waals surface area contributed by atoms with Gasteiger partial charge in [-0.25, -0.2) is 0 Å². The number of benzene rings is 1. The van der Waals surface area contributed by atoms with E-state index in [-0.39, 0.29) is 12.4 Å². The van der Waals surface area contributed by atoms with Crippen LogP contribution in [0, 0.1) is 0 Å². The molecule has 0 aliphatic carbocycles. The fraction of sp³-hybridized carbons (Fsp3) is 0.500. The number of rotatable bonds is 3. The van der Waals surface area contributed by atoms with E-state index in [4.69, 9.17) is 9.47 Å². The van der Waals surface area contributed by atoms with Crippen LogP contribution >= 0.6 is 0 Å². The Kier molecular flexibility index (Phi) is 3.48. The lowest BCUT2D eigenvalue weighted by Gasteiger charge is -2.35. The Hall–Kier alpha value is -1.35. The van der Waals surface area contributed by atoms with Crippen LogP contribution in [0.2, 0.25) is 0 Å². The summed E-state index contributed by atoms with van der Waals surface area (Å²) in [6.45, 7) is 4.85. The van der Waals surface area contributed by atoms with E-state index in [1.165, 1.54) is 5.56 Å². The van der Waals surface area contributed by atoms with Crippen LogP contribution in [0.25, 0.3) is 0 Å². The van der Waals surface area contributed by atoms with E-state index in [2.05, 4.69) is 6.07 Å². The van der Waals surface area contributed by atoms with Gasteiger partial charge in [-0.2, -0.15) is 0 Å². The lowest BCUT2D eigenvalue weighted by molar-refractivity contribution is -0.152. The zero-order valence-electron chi connectivity index (χ0n) is 10.4. The van der Waals surface area contributed by atoms with E-state index in [9.17, 15) is 4.79 Å². The largest absolute Gasteiger partial charge is 0.466 e. The molecule has 0 bridgehead atoms. The lowest BCUT2D eigenvalue weighted by atomic mass is 9.85. The summed E-state index contributed by atoms with van der Waals surface area (Å²) in [6.07, 6.45) is 1.19. The van der Waals surface area contributed by atoms with Gasteiger partial charge in [0.05, 0.1) is 19.6 Å². The third-order valence-electron chi connectivity index (χ3n) is 3.17. The van der Waals surface area contributed by atoms with Gasteiger partial charge < -0.3 is 9.47 Å². The molecule has 3 heteroatoms. The van der Waals surface area contributed by atoms with Crippen LogP contribution in [-0.4, -0.2) is 19.2 Å². The first kappa shape index (κ1) is 12.1. The molecule has 1 aromatic carbocycles. The predicted octanol–water partition coefficient (Wildman–Crippen LogP) is 2.43. The van der Waals surface area contributed by atoms with Gasteiger partial charge in [-0.05, 0) is 31.4 Å². The van der Waals surface area contributed by atoms with Gasteiger partial charge in [-0.1, -0.05) is 24.3 Å². The molecule has 0 saturated heterocycles. The molecule has 1 unspecified atom stereocenters. The first-order valence-corrected chi connectivity index (χ1v) is 6.03. The summed E-state index contributed by atoms with van der Waals surface area (Å²) >= 11 is 0. The summed E-state index contributed by atoms with van der Waals surface area (Å²) in [6, 6.07) is 8.14. The second-order valence-corrected chi connectivity index (χ2v) is 4.47.